The highest BCUT2D eigenvalue weighted by atomic mass is 35.5. The van der Waals surface area contributed by atoms with Crippen molar-refractivity contribution < 1.29 is 5.11 Å². The minimum absolute atomic E-state index is 0. The van der Waals surface area contributed by atoms with Gasteiger partial charge in [0.1, 0.15) is 5.75 Å². The number of phenols is 1. The van der Waals surface area contributed by atoms with Crippen LogP contribution in [0.4, 0.5) is 0 Å². The number of halogens is 1. The number of fused-ring (bicyclic) bond motifs is 4. The standard InChI is InChI=1S/C15H21NO.ClH/c1-10-14-8-11-4-5-12(17)9-13(11)15(10,2)6-7-16(14)3;/h4-5,9-10,14,17H,6-8H2,1-3H3;1H/t10?,14-,15-;/m0./s1. The number of likely N-dealkylation sites (tertiary alicyclic amines) is 1. The fourth-order valence-corrected chi connectivity index (χ4v) is 3.82. The van der Waals surface area contributed by atoms with E-state index in [1.54, 1.807) is 0 Å². The Balaban J connectivity index is 0.00000120. The predicted molar refractivity (Wildman–Crippen MR) is 76.6 cm³/mol. The van der Waals surface area contributed by atoms with E-state index in [4.69, 9.17) is 0 Å². The molecule has 0 radical (unpaired) electrons. The van der Waals surface area contributed by atoms with Crippen LogP contribution < -0.4 is 0 Å². The van der Waals surface area contributed by atoms with Gasteiger partial charge in [-0.3, -0.25) is 0 Å². The zero-order valence-corrected chi connectivity index (χ0v) is 12.1. The maximum absolute atomic E-state index is 9.73. The van der Waals surface area contributed by atoms with Gasteiger partial charge in [-0.05, 0) is 61.0 Å². The summed E-state index contributed by atoms with van der Waals surface area (Å²) in [5.74, 6) is 1.07. The second-order valence-electron chi connectivity index (χ2n) is 6.05. The SMILES string of the molecule is CC1[C@@H]2Cc3ccc(O)cc3[C@@]1(C)CCN2C.Cl. The highest BCUT2D eigenvalue weighted by Crippen LogP contribution is 2.48. The number of hydrogen-bond donors (Lipinski definition) is 1. The van der Waals surface area contributed by atoms with Gasteiger partial charge in [0.15, 0.2) is 0 Å². The number of nitrogens with zero attached hydrogens (tertiary/aromatic N) is 1. The van der Waals surface area contributed by atoms with Gasteiger partial charge in [-0.1, -0.05) is 19.9 Å². The zero-order valence-electron chi connectivity index (χ0n) is 11.3. The Hall–Kier alpha value is -0.730. The van der Waals surface area contributed by atoms with Crippen LogP contribution in [0.5, 0.6) is 5.75 Å². The van der Waals surface area contributed by atoms with Crippen LogP contribution in [0.2, 0.25) is 0 Å². The number of rotatable bonds is 0. The van der Waals surface area contributed by atoms with E-state index in [0.717, 1.165) is 6.42 Å². The number of hydrogen-bond acceptors (Lipinski definition) is 2. The lowest BCUT2D eigenvalue weighted by Gasteiger charge is -2.53. The normalized spacial score (nSPS) is 34.6. The number of piperidine rings is 1. The molecule has 1 aliphatic carbocycles. The Kier molecular flexibility index (Phi) is 3.37. The van der Waals surface area contributed by atoms with Crippen molar-refractivity contribution in [2.24, 2.45) is 5.92 Å². The van der Waals surface area contributed by atoms with Crippen LogP contribution >= 0.6 is 12.4 Å². The summed E-state index contributed by atoms with van der Waals surface area (Å²) in [5.41, 5.74) is 3.05. The minimum Gasteiger partial charge on any atom is -0.508 e. The van der Waals surface area contributed by atoms with Gasteiger partial charge in [0.2, 0.25) is 0 Å². The van der Waals surface area contributed by atoms with Crippen LogP contribution in [-0.2, 0) is 11.8 Å². The number of likely N-dealkylation sites (N-methyl/N-ethyl adjacent to an activating group) is 1. The van der Waals surface area contributed by atoms with Crippen molar-refractivity contribution in [1.82, 2.24) is 4.90 Å². The molecule has 3 rings (SSSR count). The van der Waals surface area contributed by atoms with Crippen molar-refractivity contribution in [1.29, 1.82) is 0 Å². The molecule has 100 valence electrons. The third kappa shape index (κ3) is 1.74. The van der Waals surface area contributed by atoms with Crippen LogP contribution in [0.1, 0.15) is 31.4 Å². The summed E-state index contributed by atoms with van der Waals surface area (Å²) in [4.78, 5) is 2.50. The van der Waals surface area contributed by atoms with Gasteiger partial charge in [-0.2, -0.15) is 0 Å². The monoisotopic (exact) mass is 267 g/mol. The van der Waals surface area contributed by atoms with Gasteiger partial charge in [0.25, 0.3) is 0 Å². The summed E-state index contributed by atoms with van der Waals surface area (Å²) in [7, 11) is 2.24. The van der Waals surface area contributed by atoms with Crippen LogP contribution in [0.25, 0.3) is 0 Å². The van der Waals surface area contributed by atoms with E-state index in [1.165, 1.54) is 24.1 Å². The van der Waals surface area contributed by atoms with E-state index >= 15 is 0 Å². The molecule has 3 atom stereocenters. The van der Waals surface area contributed by atoms with E-state index in [2.05, 4.69) is 31.9 Å². The molecule has 1 N–H and O–H groups in total. The fraction of sp³-hybridized carbons (Fsp3) is 0.600. The Morgan fingerprint density at radius 2 is 2.11 bits per heavy atom. The van der Waals surface area contributed by atoms with Crippen molar-refractivity contribution in [2.45, 2.75) is 38.1 Å². The molecule has 0 aromatic heterocycles. The van der Waals surface area contributed by atoms with E-state index in [9.17, 15) is 5.11 Å². The molecule has 0 amide bonds. The second-order valence-corrected chi connectivity index (χ2v) is 6.05. The second kappa shape index (κ2) is 4.43. The molecule has 2 nitrogen and oxygen atoms in total. The van der Waals surface area contributed by atoms with Gasteiger partial charge in [0.05, 0.1) is 0 Å². The Labute approximate surface area is 115 Å². The number of phenolic OH excluding ortho intramolecular Hbond substituents is 1. The molecule has 18 heavy (non-hydrogen) atoms. The molecule has 3 heteroatoms. The summed E-state index contributed by atoms with van der Waals surface area (Å²) in [6, 6.07) is 6.59. The average Bonchev–Trinajstić information content (AvgIpc) is 2.30. The van der Waals surface area contributed by atoms with Crippen LogP contribution in [0.15, 0.2) is 18.2 Å². The van der Waals surface area contributed by atoms with Crippen molar-refractivity contribution in [3.8, 4) is 5.75 Å². The third-order valence-electron chi connectivity index (χ3n) is 5.27. The van der Waals surface area contributed by atoms with Crippen LogP contribution in [-0.4, -0.2) is 29.6 Å². The molecule has 1 saturated heterocycles. The molecule has 1 aromatic rings. The number of aromatic hydroxyl groups is 1. The van der Waals surface area contributed by atoms with Gasteiger partial charge in [-0.15, -0.1) is 12.4 Å². The summed E-state index contributed by atoms with van der Waals surface area (Å²) < 4.78 is 0. The topological polar surface area (TPSA) is 23.5 Å². The van der Waals surface area contributed by atoms with Crippen LogP contribution in [0.3, 0.4) is 0 Å². The first-order chi connectivity index (χ1) is 8.02. The maximum atomic E-state index is 9.73. The molecule has 0 spiro atoms. The lowest BCUT2D eigenvalue weighted by atomic mass is 9.59. The minimum atomic E-state index is 0. The quantitative estimate of drug-likeness (QED) is 0.781. The van der Waals surface area contributed by atoms with Crippen molar-refractivity contribution in [3.05, 3.63) is 29.3 Å². The Morgan fingerprint density at radius 3 is 2.83 bits per heavy atom. The zero-order chi connectivity index (χ0) is 12.2. The highest BCUT2D eigenvalue weighted by Gasteiger charge is 2.47. The van der Waals surface area contributed by atoms with Gasteiger partial charge in [-0.25, -0.2) is 0 Å². The average molecular weight is 268 g/mol. The largest absolute Gasteiger partial charge is 0.508 e. The predicted octanol–water partition coefficient (Wildman–Crippen LogP) is 2.97. The van der Waals surface area contributed by atoms with Crippen LogP contribution in [0, 0.1) is 5.92 Å². The molecule has 0 saturated carbocycles. The summed E-state index contributed by atoms with van der Waals surface area (Å²) in [6.07, 6.45) is 2.32. The van der Waals surface area contributed by atoms with Gasteiger partial charge in [0, 0.05) is 6.04 Å². The van der Waals surface area contributed by atoms with E-state index in [0.29, 0.717) is 17.7 Å². The first-order valence-electron chi connectivity index (χ1n) is 6.55. The van der Waals surface area contributed by atoms with Crippen molar-refractivity contribution in [2.75, 3.05) is 13.6 Å². The molecule has 1 aromatic carbocycles. The Morgan fingerprint density at radius 1 is 1.39 bits per heavy atom. The molecule has 1 aliphatic heterocycles. The van der Waals surface area contributed by atoms with Crippen molar-refractivity contribution >= 4 is 12.4 Å². The Bertz CT molecular complexity index is 462. The molecular weight excluding hydrogens is 246 g/mol. The molecule has 2 bridgehead atoms. The van der Waals surface area contributed by atoms with Gasteiger partial charge < -0.3 is 10.0 Å². The third-order valence-corrected chi connectivity index (χ3v) is 5.27. The first-order valence-corrected chi connectivity index (χ1v) is 6.55. The molecule has 1 heterocycles. The van der Waals surface area contributed by atoms with E-state index in [-0.39, 0.29) is 17.8 Å². The molecule has 1 unspecified atom stereocenters. The first kappa shape index (κ1) is 13.7. The molecule has 2 aliphatic rings. The summed E-state index contributed by atoms with van der Waals surface area (Å²) in [5, 5.41) is 9.73. The summed E-state index contributed by atoms with van der Waals surface area (Å²) in [6.45, 7) is 5.91. The maximum Gasteiger partial charge on any atom is 0.115 e. The smallest absolute Gasteiger partial charge is 0.115 e. The fourth-order valence-electron chi connectivity index (χ4n) is 3.82. The lowest BCUT2D eigenvalue weighted by Crippen LogP contribution is -2.56. The lowest BCUT2D eigenvalue weighted by molar-refractivity contribution is 0.0506. The molecular formula is C15H22ClNO. The van der Waals surface area contributed by atoms with Crippen molar-refractivity contribution in [3.63, 3.8) is 0 Å². The molecule has 1 fully saturated rings. The van der Waals surface area contributed by atoms with E-state index < -0.39 is 0 Å². The van der Waals surface area contributed by atoms with Gasteiger partial charge >= 0.3 is 0 Å². The van der Waals surface area contributed by atoms with E-state index in [1.807, 2.05) is 12.1 Å². The number of benzene rings is 1. The highest BCUT2D eigenvalue weighted by molar-refractivity contribution is 5.85. The summed E-state index contributed by atoms with van der Waals surface area (Å²) >= 11 is 0.